The summed E-state index contributed by atoms with van der Waals surface area (Å²) in [4.78, 5) is 4.65. The second kappa shape index (κ2) is 6.04. The fourth-order valence-corrected chi connectivity index (χ4v) is 4.12. The zero-order valence-corrected chi connectivity index (χ0v) is 13.4. The molecule has 1 atom stereocenters. The minimum Gasteiger partial charge on any atom is -0.309 e. The molecule has 3 rings (SSSR count). The number of thiazole rings is 1. The molecular formula is C16H18N2S2. The van der Waals surface area contributed by atoms with E-state index in [9.17, 15) is 0 Å². The van der Waals surface area contributed by atoms with Gasteiger partial charge in [0.2, 0.25) is 0 Å². The lowest BCUT2D eigenvalue weighted by molar-refractivity contribution is 0.540. The molecule has 0 spiro atoms. The SMILES string of the molecule is CCNC(Cc1csc2ccccc12)c1csc(C)n1. The van der Waals surface area contributed by atoms with Crippen LogP contribution in [0.15, 0.2) is 35.0 Å². The molecule has 0 bridgehead atoms. The van der Waals surface area contributed by atoms with Gasteiger partial charge in [-0.05, 0) is 42.3 Å². The Morgan fingerprint density at radius 2 is 2.05 bits per heavy atom. The van der Waals surface area contributed by atoms with E-state index in [1.165, 1.54) is 21.3 Å². The van der Waals surface area contributed by atoms with Crippen molar-refractivity contribution in [3.63, 3.8) is 0 Å². The molecule has 4 heteroatoms. The molecule has 0 radical (unpaired) electrons. The number of rotatable bonds is 5. The van der Waals surface area contributed by atoms with Crippen molar-refractivity contribution in [2.24, 2.45) is 0 Å². The Labute approximate surface area is 127 Å². The summed E-state index contributed by atoms with van der Waals surface area (Å²) in [5, 5.41) is 10.5. The average Bonchev–Trinajstić information content (AvgIpc) is 3.05. The number of nitrogens with zero attached hydrogens (tertiary/aromatic N) is 1. The largest absolute Gasteiger partial charge is 0.309 e. The lowest BCUT2D eigenvalue weighted by Gasteiger charge is -2.15. The molecule has 1 N–H and O–H groups in total. The first-order chi connectivity index (χ1) is 9.78. The molecule has 3 aromatic rings. The van der Waals surface area contributed by atoms with Crippen LogP contribution < -0.4 is 5.32 Å². The molecule has 0 saturated heterocycles. The number of hydrogen-bond acceptors (Lipinski definition) is 4. The van der Waals surface area contributed by atoms with Crippen molar-refractivity contribution in [1.29, 1.82) is 0 Å². The summed E-state index contributed by atoms with van der Waals surface area (Å²) in [5.74, 6) is 0. The first-order valence-electron chi connectivity index (χ1n) is 6.88. The van der Waals surface area contributed by atoms with Crippen molar-refractivity contribution < 1.29 is 0 Å². The first-order valence-corrected chi connectivity index (χ1v) is 8.64. The van der Waals surface area contributed by atoms with Crippen LogP contribution in [0, 0.1) is 6.92 Å². The summed E-state index contributed by atoms with van der Waals surface area (Å²) in [6, 6.07) is 8.94. The maximum atomic E-state index is 4.65. The topological polar surface area (TPSA) is 24.9 Å². The number of nitrogens with one attached hydrogen (secondary N) is 1. The van der Waals surface area contributed by atoms with Gasteiger partial charge in [-0.25, -0.2) is 4.98 Å². The molecule has 0 aliphatic carbocycles. The van der Waals surface area contributed by atoms with Crippen LogP contribution in [0.4, 0.5) is 0 Å². The zero-order chi connectivity index (χ0) is 13.9. The molecular weight excluding hydrogens is 284 g/mol. The van der Waals surface area contributed by atoms with Crippen LogP contribution in [0.25, 0.3) is 10.1 Å². The van der Waals surface area contributed by atoms with E-state index in [0.717, 1.165) is 18.0 Å². The lowest BCUT2D eigenvalue weighted by atomic mass is 10.0. The predicted molar refractivity (Wildman–Crippen MR) is 88.8 cm³/mol. The molecule has 2 nitrogen and oxygen atoms in total. The molecule has 0 amide bonds. The van der Waals surface area contributed by atoms with E-state index in [1.807, 2.05) is 11.3 Å². The van der Waals surface area contributed by atoms with E-state index >= 15 is 0 Å². The molecule has 0 aliphatic rings. The monoisotopic (exact) mass is 302 g/mol. The molecule has 20 heavy (non-hydrogen) atoms. The highest BCUT2D eigenvalue weighted by Gasteiger charge is 2.16. The van der Waals surface area contributed by atoms with E-state index < -0.39 is 0 Å². The van der Waals surface area contributed by atoms with Gasteiger partial charge in [0, 0.05) is 10.1 Å². The smallest absolute Gasteiger partial charge is 0.0898 e. The second-order valence-electron chi connectivity index (χ2n) is 4.86. The van der Waals surface area contributed by atoms with Crippen LogP contribution in [-0.4, -0.2) is 11.5 Å². The van der Waals surface area contributed by atoms with Gasteiger partial charge in [0.1, 0.15) is 0 Å². The van der Waals surface area contributed by atoms with Gasteiger partial charge in [0.05, 0.1) is 16.7 Å². The molecule has 1 aromatic carbocycles. The lowest BCUT2D eigenvalue weighted by Crippen LogP contribution is -2.23. The van der Waals surface area contributed by atoms with E-state index in [0.29, 0.717) is 6.04 Å². The summed E-state index contributed by atoms with van der Waals surface area (Å²) in [7, 11) is 0. The third-order valence-corrected chi connectivity index (χ3v) is 5.23. The Morgan fingerprint density at radius 3 is 2.80 bits per heavy atom. The third kappa shape index (κ3) is 2.77. The van der Waals surface area contributed by atoms with E-state index in [-0.39, 0.29) is 0 Å². The highest BCUT2D eigenvalue weighted by atomic mass is 32.1. The number of thiophene rings is 1. The van der Waals surface area contributed by atoms with Crippen LogP contribution in [0.5, 0.6) is 0 Å². The van der Waals surface area contributed by atoms with Gasteiger partial charge in [0.15, 0.2) is 0 Å². The summed E-state index contributed by atoms with van der Waals surface area (Å²) in [5.41, 5.74) is 2.59. The van der Waals surface area contributed by atoms with E-state index in [4.69, 9.17) is 0 Å². The summed E-state index contributed by atoms with van der Waals surface area (Å²) in [6.45, 7) is 5.18. The van der Waals surface area contributed by atoms with Gasteiger partial charge < -0.3 is 5.32 Å². The Morgan fingerprint density at radius 1 is 1.20 bits per heavy atom. The van der Waals surface area contributed by atoms with Crippen molar-refractivity contribution >= 4 is 32.8 Å². The van der Waals surface area contributed by atoms with E-state index in [2.05, 4.69) is 59.2 Å². The number of likely N-dealkylation sites (N-methyl/N-ethyl adjacent to an activating group) is 1. The van der Waals surface area contributed by atoms with Crippen molar-refractivity contribution in [3.8, 4) is 0 Å². The molecule has 0 aliphatic heterocycles. The van der Waals surface area contributed by atoms with Crippen molar-refractivity contribution in [2.45, 2.75) is 26.3 Å². The van der Waals surface area contributed by atoms with Gasteiger partial charge in [-0.1, -0.05) is 25.1 Å². The average molecular weight is 302 g/mol. The van der Waals surface area contributed by atoms with Crippen molar-refractivity contribution in [2.75, 3.05) is 6.54 Å². The Hall–Kier alpha value is -1.23. The van der Waals surface area contributed by atoms with E-state index in [1.54, 1.807) is 11.3 Å². The van der Waals surface area contributed by atoms with Crippen LogP contribution in [0.3, 0.4) is 0 Å². The van der Waals surface area contributed by atoms with Crippen LogP contribution >= 0.6 is 22.7 Å². The summed E-state index contributed by atoms with van der Waals surface area (Å²) in [6.07, 6.45) is 1.00. The molecule has 104 valence electrons. The van der Waals surface area contributed by atoms with Gasteiger partial charge in [-0.3, -0.25) is 0 Å². The van der Waals surface area contributed by atoms with Gasteiger partial charge in [-0.15, -0.1) is 22.7 Å². The maximum Gasteiger partial charge on any atom is 0.0898 e. The normalized spacial score (nSPS) is 12.9. The van der Waals surface area contributed by atoms with Gasteiger partial charge in [0.25, 0.3) is 0 Å². The zero-order valence-electron chi connectivity index (χ0n) is 11.7. The standard InChI is InChI=1S/C16H18N2S2/c1-3-17-14(15-10-19-11(2)18-15)8-12-9-20-16-7-5-4-6-13(12)16/h4-7,9-10,14,17H,3,8H2,1-2H3. The van der Waals surface area contributed by atoms with Crippen LogP contribution in [0.2, 0.25) is 0 Å². The van der Waals surface area contributed by atoms with Crippen LogP contribution in [0.1, 0.15) is 29.2 Å². The third-order valence-electron chi connectivity index (χ3n) is 3.43. The van der Waals surface area contributed by atoms with Crippen molar-refractivity contribution in [3.05, 3.63) is 51.3 Å². The summed E-state index contributed by atoms with van der Waals surface area (Å²) < 4.78 is 1.37. The second-order valence-corrected chi connectivity index (χ2v) is 6.84. The number of benzene rings is 1. The van der Waals surface area contributed by atoms with Gasteiger partial charge in [-0.2, -0.15) is 0 Å². The Balaban J connectivity index is 1.90. The fourth-order valence-electron chi connectivity index (χ4n) is 2.48. The number of fused-ring (bicyclic) bond motifs is 1. The minimum absolute atomic E-state index is 0.308. The number of aromatic nitrogens is 1. The summed E-state index contributed by atoms with van der Waals surface area (Å²) >= 11 is 3.56. The number of hydrogen-bond donors (Lipinski definition) is 1. The Kier molecular flexibility index (Phi) is 4.15. The quantitative estimate of drug-likeness (QED) is 0.747. The minimum atomic E-state index is 0.308. The van der Waals surface area contributed by atoms with Gasteiger partial charge >= 0.3 is 0 Å². The molecule has 0 saturated carbocycles. The van der Waals surface area contributed by atoms with Crippen LogP contribution in [-0.2, 0) is 6.42 Å². The Bertz CT molecular complexity index is 699. The molecule has 1 unspecified atom stereocenters. The van der Waals surface area contributed by atoms with Crippen molar-refractivity contribution in [1.82, 2.24) is 10.3 Å². The first kappa shape index (κ1) is 13.7. The molecule has 0 fully saturated rings. The highest BCUT2D eigenvalue weighted by Crippen LogP contribution is 2.29. The fraction of sp³-hybridized carbons (Fsp3) is 0.312. The molecule has 2 aromatic heterocycles. The number of aryl methyl sites for hydroxylation is 1. The molecule has 2 heterocycles. The predicted octanol–water partition coefficient (Wildman–Crippen LogP) is 4.56. The maximum absolute atomic E-state index is 4.65. The highest BCUT2D eigenvalue weighted by molar-refractivity contribution is 7.17.